The summed E-state index contributed by atoms with van der Waals surface area (Å²) in [5, 5.41) is 19.9. The molecule has 5 rings (SSSR count). The van der Waals surface area contributed by atoms with Crippen LogP contribution in [0.2, 0.25) is 0 Å². The van der Waals surface area contributed by atoms with Crippen LogP contribution in [0.4, 0.5) is 5.82 Å². The Morgan fingerprint density at radius 1 is 1.26 bits per heavy atom. The van der Waals surface area contributed by atoms with Crippen LogP contribution in [0.5, 0.6) is 0 Å². The van der Waals surface area contributed by atoms with Crippen LogP contribution in [0.25, 0.3) is 16.2 Å². The smallest absolute Gasteiger partial charge is 0.280 e. The zero-order chi connectivity index (χ0) is 18.2. The molecule has 136 valence electrons. The van der Waals surface area contributed by atoms with E-state index in [1.165, 1.54) is 11.3 Å². The molecule has 4 aromatic rings. The first-order valence-electron chi connectivity index (χ1n) is 8.48. The molecule has 1 saturated heterocycles. The molecule has 0 saturated carbocycles. The van der Waals surface area contributed by atoms with Gasteiger partial charge in [-0.15, -0.1) is 38.0 Å². The number of thiazole rings is 1. The first-order valence-corrected chi connectivity index (χ1v) is 10.2. The molecule has 0 aliphatic carbocycles. The number of hydrogen-bond donors (Lipinski definition) is 1. The van der Waals surface area contributed by atoms with Gasteiger partial charge >= 0.3 is 0 Å². The minimum atomic E-state index is -0.114. The normalized spacial score (nSPS) is 16.9. The minimum Gasteiger partial charge on any atom is -0.353 e. The van der Waals surface area contributed by atoms with Crippen LogP contribution < -0.4 is 10.2 Å². The van der Waals surface area contributed by atoms with Gasteiger partial charge in [-0.1, -0.05) is 6.07 Å². The van der Waals surface area contributed by atoms with Crippen molar-refractivity contribution in [2.45, 2.75) is 12.5 Å². The summed E-state index contributed by atoms with van der Waals surface area (Å²) >= 11 is 3.00. The van der Waals surface area contributed by atoms with Gasteiger partial charge in [-0.2, -0.15) is 4.52 Å². The number of carbonyl (C=O) groups is 1. The van der Waals surface area contributed by atoms with Crippen molar-refractivity contribution in [3.8, 4) is 10.6 Å². The van der Waals surface area contributed by atoms with Crippen LogP contribution in [-0.4, -0.2) is 49.8 Å². The standard InChI is InChI=1S/C17H15N7OS2/c25-16(17-20-12(9-27-17)13-2-1-7-26-13)19-11-5-6-23(8-11)15-4-3-14-21-18-10-24(14)22-15/h1-4,7,9-11H,5-6,8H2,(H,19,25)/t11-/m1/s1. The second kappa shape index (κ2) is 6.71. The van der Waals surface area contributed by atoms with Gasteiger partial charge in [-0.3, -0.25) is 4.79 Å². The van der Waals surface area contributed by atoms with E-state index in [1.54, 1.807) is 22.2 Å². The van der Waals surface area contributed by atoms with Gasteiger partial charge < -0.3 is 10.2 Å². The van der Waals surface area contributed by atoms with E-state index >= 15 is 0 Å². The summed E-state index contributed by atoms with van der Waals surface area (Å²) in [5.74, 6) is 0.741. The number of fused-ring (bicyclic) bond motifs is 1. The molecule has 1 amide bonds. The molecule has 1 N–H and O–H groups in total. The molecule has 10 heteroatoms. The van der Waals surface area contributed by atoms with E-state index in [2.05, 4.69) is 30.5 Å². The van der Waals surface area contributed by atoms with Gasteiger partial charge in [0.25, 0.3) is 5.91 Å². The Labute approximate surface area is 162 Å². The van der Waals surface area contributed by atoms with Crippen LogP contribution in [0, 0.1) is 0 Å². The van der Waals surface area contributed by atoms with E-state index < -0.39 is 0 Å². The Kier molecular flexibility index (Phi) is 4.06. The third-order valence-electron chi connectivity index (χ3n) is 4.47. The number of carbonyl (C=O) groups excluding carboxylic acids is 1. The van der Waals surface area contributed by atoms with Crippen LogP contribution >= 0.6 is 22.7 Å². The average Bonchev–Trinajstić information content (AvgIpc) is 3.47. The fourth-order valence-electron chi connectivity index (χ4n) is 3.14. The first kappa shape index (κ1) is 16.3. The van der Waals surface area contributed by atoms with Gasteiger partial charge in [0.2, 0.25) is 0 Å². The van der Waals surface area contributed by atoms with Crippen molar-refractivity contribution < 1.29 is 4.79 Å². The third kappa shape index (κ3) is 3.17. The van der Waals surface area contributed by atoms with E-state index in [9.17, 15) is 4.79 Å². The Morgan fingerprint density at radius 3 is 3.11 bits per heavy atom. The molecule has 4 aromatic heterocycles. The molecule has 0 aromatic carbocycles. The number of aromatic nitrogens is 5. The predicted octanol–water partition coefficient (Wildman–Crippen LogP) is 2.32. The number of nitrogens with one attached hydrogen (secondary N) is 1. The summed E-state index contributed by atoms with van der Waals surface area (Å²) in [7, 11) is 0. The van der Waals surface area contributed by atoms with Crippen LogP contribution in [0.15, 0.2) is 41.4 Å². The van der Waals surface area contributed by atoms with Gasteiger partial charge in [0.05, 0.1) is 10.6 Å². The molecule has 1 aliphatic heterocycles. The summed E-state index contributed by atoms with van der Waals surface area (Å²) in [6.45, 7) is 1.55. The van der Waals surface area contributed by atoms with Gasteiger partial charge in [0.15, 0.2) is 10.7 Å². The second-order valence-corrected chi connectivity index (χ2v) is 8.05. The van der Waals surface area contributed by atoms with E-state index in [0.29, 0.717) is 10.7 Å². The van der Waals surface area contributed by atoms with Crippen molar-refractivity contribution in [1.82, 2.24) is 30.1 Å². The van der Waals surface area contributed by atoms with Gasteiger partial charge in [-0.25, -0.2) is 4.98 Å². The number of thiophene rings is 1. The highest BCUT2D eigenvalue weighted by atomic mass is 32.1. The van der Waals surface area contributed by atoms with Crippen molar-refractivity contribution in [2.75, 3.05) is 18.0 Å². The molecule has 1 fully saturated rings. The van der Waals surface area contributed by atoms with Gasteiger partial charge in [-0.05, 0) is 30.0 Å². The summed E-state index contributed by atoms with van der Waals surface area (Å²) in [5.41, 5.74) is 1.58. The number of nitrogens with zero attached hydrogens (tertiary/aromatic N) is 6. The first-order chi connectivity index (χ1) is 13.3. The molecule has 27 heavy (non-hydrogen) atoms. The predicted molar refractivity (Wildman–Crippen MR) is 104 cm³/mol. The molecule has 5 heterocycles. The highest BCUT2D eigenvalue weighted by molar-refractivity contribution is 7.15. The summed E-state index contributed by atoms with van der Waals surface area (Å²) < 4.78 is 1.66. The Balaban J connectivity index is 1.25. The van der Waals surface area contributed by atoms with Gasteiger partial charge in [0, 0.05) is 24.5 Å². The summed E-state index contributed by atoms with van der Waals surface area (Å²) in [6, 6.07) is 7.89. The monoisotopic (exact) mass is 397 g/mol. The Bertz CT molecular complexity index is 1090. The fourth-order valence-corrected chi connectivity index (χ4v) is 4.62. The minimum absolute atomic E-state index is 0.0741. The van der Waals surface area contributed by atoms with Crippen molar-refractivity contribution >= 4 is 40.0 Å². The maximum Gasteiger partial charge on any atom is 0.280 e. The van der Waals surface area contributed by atoms with Gasteiger partial charge in [0.1, 0.15) is 12.1 Å². The van der Waals surface area contributed by atoms with Crippen LogP contribution in [0.1, 0.15) is 16.2 Å². The topological polar surface area (TPSA) is 88.3 Å². The lowest BCUT2D eigenvalue weighted by atomic mass is 10.2. The van der Waals surface area contributed by atoms with Crippen molar-refractivity contribution in [3.63, 3.8) is 0 Å². The number of hydrogen-bond acceptors (Lipinski definition) is 8. The van der Waals surface area contributed by atoms with E-state index in [1.807, 2.05) is 35.0 Å². The maximum atomic E-state index is 12.6. The number of amides is 1. The quantitative estimate of drug-likeness (QED) is 0.569. The van der Waals surface area contributed by atoms with E-state index in [4.69, 9.17) is 0 Å². The Morgan fingerprint density at radius 2 is 2.22 bits per heavy atom. The Hall–Kier alpha value is -2.85. The number of anilines is 1. The average molecular weight is 397 g/mol. The lowest BCUT2D eigenvalue weighted by Gasteiger charge is -2.17. The van der Waals surface area contributed by atoms with Crippen molar-refractivity contribution in [1.29, 1.82) is 0 Å². The molecule has 0 bridgehead atoms. The highest BCUT2D eigenvalue weighted by Crippen LogP contribution is 2.26. The lowest BCUT2D eigenvalue weighted by Crippen LogP contribution is -2.37. The number of rotatable bonds is 4. The van der Waals surface area contributed by atoms with E-state index in [-0.39, 0.29) is 11.9 Å². The molecule has 0 unspecified atom stereocenters. The van der Waals surface area contributed by atoms with E-state index in [0.717, 1.165) is 35.9 Å². The van der Waals surface area contributed by atoms with Crippen LogP contribution in [0.3, 0.4) is 0 Å². The zero-order valence-corrected chi connectivity index (χ0v) is 15.8. The largest absolute Gasteiger partial charge is 0.353 e. The van der Waals surface area contributed by atoms with Crippen molar-refractivity contribution in [2.24, 2.45) is 0 Å². The zero-order valence-electron chi connectivity index (χ0n) is 14.1. The van der Waals surface area contributed by atoms with Crippen LogP contribution in [-0.2, 0) is 0 Å². The molecule has 0 spiro atoms. The molecule has 1 aliphatic rings. The summed E-state index contributed by atoms with van der Waals surface area (Å²) in [4.78, 5) is 20.3. The molecule has 0 radical (unpaired) electrons. The highest BCUT2D eigenvalue weighted by Gasteiger charge is 2.26. The molecule has 1 atom stereocenters. The fraction of sp³-hybridized carbons (Fsp3) is 0.235. The molecular weight excluding hydrogens is 382 g/mol. The molecule has 8 nitrogen and oxygen atoms in total. The lowest BCUT2D eigenvalue weighted by molar-refractivity contribution is 0.0940. The summed E-state index contributed by atoms with van der Waals surface area (Å²) in [6.07, 6.45) is 2.46. The van der Waals surface area contributed by atoms with Crippen molar-refractivity contribution in [3.05, 3.63) is 46.4 Å². The molecular formula is C17H15N7OS2. The second-order valence-electron chi connectivity index (χ2n) is 6.25. The SMILES string of the molecule is O=C(N[C@@H]1CCN(c2ccc3nncn3n2)C1)c1nc(-c2cccs2)cs1. The maximum absolute atomic E-state index is 12.6. The third-order valence-corrected chi connectivity index (χ3v) is 6.20.